The van der Waals surface area contributed by atoms with Crippen molar-refractivity contribution >= 4 is 11.6 Å². The first-order chi connectivity index (χ1) is 12.0. The molecule has 3 rings (SSSR count). The summed E-state index contributed by atoms with van der Waals surface area (Å²) >= 11 is 0. The van der Waals surface area contributed by atoms with Crippen LogP contribution in [0.1, 0.15) is 11.1 Å². The van der Waals surface area contributed by atoms with Crippen LogP contribution in [0.5, 0.6) is 0 Å². The average Bonchev–Trinajstić information content (AvgIpc) is 3.07. The van der Waals surface area contributed by atoms with E-state index >= 15 is 0 Å². The topological polar surface area (TPSA) is 59.8 Å². The number of anilines is 1. The lowest BCUT2D eigenvalue weighted by atomic mass is 10.1. The van der Waals surface area contributed by atoms with Crippen LogP contribution in [0.2, 0.25) is 0 Å². The van der Waals surface area contributed by atoms with Crippen molar-refractivity contribution in [3.63, 3.8) is 0 Å². The number of aromatic nitrogens is 3. The van der Waals surface area contributed by atoms with Crippen molar-refractivity contribution in [1.82, 2.24) is 14.8 Å². The van der Waals surface area contributed by atoms with Crippen molar-refractivity contribution in [3.8, 4) is 0 Å². The van der Waals surface area contributed by atoms with Gasteiger partial charge in [-0.2, -0.15) is 5.10 Å². The lowest BCUT2D eigenvalue weighted by Crippen LogP contribution is -2.15. The second-order valence-electron chi connectivity index (χ2n) is 5.37. The molecule has 0 atom stereocenters. The maximum Gasteiger partial charge on any atom is 0.228 e. The summed E-state index contributed by atoms with van der Waals surface area (Å²) in [5.74, 6) is -3.97. The maximum absolute atomic E-state index is 13.6. The van der Waals surface area contributed by atoms with Crippen molar-refractivity contribution in [1.29, 1.82) is 0 Å². The monoisotopic (exact) mass is 346 g/mol. The molecule has 0 aliphatic rings. The lowest BCUT2D eigenvalue weighted by molar-refractivity contribution is -0.115. The van der Waals surface area contributed by atoms with Crippen LogP contribution in [0.4, 0.5) is 18.9 Å². The second kappa shape index (κ2) is 7.16. The van der Waals surface area contributed by atoms with Crippen LogP contribution in [0.3, 0.4) is 0 Å². The molecule has 25 heavy (non-hydrogen) atoms. The molecule has 0 radical (unpaired) electrons. The fourth-order valence-corrected chi connectivity index (χ4v) is 2.27. The number of amides is 1. The number of carbonyl (C=O) groups is 1. The van der Waals surface area contributed by atoms with Crippen molar-refractivity contribution in [2.24, 2.45) is 0 Å². The highest BCUT2D eigenvalue weighted by atomic mass is 19.2. The molecule has 128 valence electrons. The van der Waals surface area contributed by atoms with E-state index in [0.717, 1.165) is 5.56 Å². The summed E-state index contributed by atoms with van der Waals surface area (Å²) in [7, 11) is 0. The van der Waals surface area contributed by atoms with Crippen LogP contribution >= 0.6 is 0 Å². The average molecular weight is 346 g/mol. The van der Waals surface area contributed by atoms with Gasteiger partial charge in [0.05, 0.1) is 13.0 Å². The predicted octanol–water partition coefficient (Wildman–Crippen LogP) is 2.92. The third-order valence-electron chi connectivity index (χ3n) is 3.49. The van der Waals surface area contributed by atoms with Crippen LogP contribution < -0.4 is 5.32 Å². The standard InChI is InChI=1S/C17H13F3N4O/c18-14-7-16(20)15(19)5-12(14)6-17(25)23-13-3-1-11(2-4-13)8-24-10-21-9-22-24/h1-5,7,9-10H,6,8H2,(H,23,25). The third kappa shape index (κ3) is 4.23. The van der Waals surface area contributed by atoms with Gasteiger partial charge in [-0.05, 0) is 23.8 Å². The van der Waals surface area contributed by atoms with Crippen molar-refractivity contribution in [2.75, 3.05) is 5.32 Å². The van der Waals surface area contributed by atoms with E-state index in [2.05, 4.69) is 15.4 Å². The summed E-state index contributed by atoms with van der Waals surface area (Å²) in [6.45, 7) is 0.536. The molecule has 1 N–H and O–H groups in total. The van der Waals surface area contributed by atoms with E-state index in [9.17, 15) is 18.0 Å². The predicted molar refractivity (Wildman–Crippen MR) is 84.2 cm³/mol. The van der Waals surface area contributed by atoms with Crippen LogP contribution in [-0.4, -0.2) is 20.7 Å². The largest absolute Gasteiger partial charge is 0.326 e. The van der Waals surface area contributed by atoms with Crippen LogP contribution in [0, 0.1) is 17.5 Å². The van der Waals surface area contributed by atoms with Gasteiger partial charge in [-0.25, -0.2) is 22.8 Å². The summed E-state index contributed by atoms with van der Waals surface area (Å²) in [4.78, 5) is 15.8. The molecule has 2 aromatic carbocycles. The number of hydrogen-bond donors (Lipinski definition) is 1. The molecule has 1 heterocycles. The molecule has 0 spiro atoms. The first kappa shape index (κ1) is 16.7. The van der Waals surface area contributed by atoms with E-state index in [1.54, 1.807) is 35.3 Å². The molecular weight excluding hydrogens is 333 g/mol. The Kier molecular flexibility index (Phi) is 4.78. The molecule has 0 saturated heterocycles. The van der Waals surface area contributed by atoms with Gasteiger partial charge in [0.1, 0.15) is 18.5 Å². The Morgan fingerprint density at radius 1 is 1.04 bits per heavy atom. The van der Waals surface area contributed by atoms with Crippen molar-refractivity contribution in [2.45, 2.75) is 13.0 Å². The first-order valence-corrected chi connectivity index (χ1v) is 7.36. The Balaban J connectivity index is 1.62. The molecule has 0 unspecified atom stereocenters. The van der Waals surface area contributed by atoms with Crippen LogP contribution in [-0.2, 0) is 17.8 Å². The maximum atomic E-state index is 13.6. The number of carbonyl (C=O) groups excluding carboxylic acids is 1. The minimum Gasteiger partial charge on any atom is -0.326 e. The Labute approximate surface area is 141 Å². The number of rotatable bonds is 5. The molecular formula is C17H13F3N4O. The molecule has 0 bridgehead atoms. The van der Waals surface area contributed by atoms with E-state index in [1.807, 2.05) is 0 Å². The van der Waals surface area contributed by atoms with E-state index in [1.165, 1.54) is 6.33 Å². The van der Waals surface area contributed by atoms with Gasteiger partial charge < -0.3 is 5.32 Å². The summed E-state index contributed by atoms with van der Waals surface area (Å²) in [5.41, 5.74) is 1.25. The van der Waals surface area contributed by atoms with Gasteiger partial charge in [-0.1, -0.05) is 12.1 Å². The number of halogens is 3. The van der Waals surface area contributed by atoms with E-state index < -0.39 is 29.8 Å². The zero-order chi connectivity index (χ0) is 17.8. The second-order valence-corrected chi connectivity index (χ2v) is 5.37. The zero-order valence-corrected chi connectivity index (χ0v) is 12.9. The fraction of sp³-hybridized carbons (Fsp3) is 0.118. The van der Waals surface area contributed by atoms with Gasteiger partial charge in [-0.3, -0.25) is 4.79 Å². The molecule has 0 fully saturated rings. The highest BCUT2D eigenvalue weighted by Gasteiger charge is 2.13. The van der Waals surface area contributed by atoms with E-state index in [4.69, 9.17) is 0 Å². The highest BCUT2D eigenvalue weighted by Crippen LogP contribution is 2.16. The fourth-order valence-electron chi connectivity index (χ4n) is 2.27. The Morgan fingerprint density at radius 2 is 1.76 bits per heavy atom. The molecule has 5 nitrogen and oxygen atoms in total. The highest BCUT2D eigenvalue weighted by molar-refractivity contribution is 5.92. The molecule has 0 aliphatic heterocycles. The molecule has 0 saturated carbocycles. The summed E-state index contributed by atoms with van der Waals surface area (Å²) in [6.07, 6.45) is 2.63. The zero-order valence-electron chi connectivity index (χ0n) is 12.9. The number of benzene rings is 2. The lowest BCUT2D eigenvalue weighted by Gasteiger charge is -2.08. The Hall–Kier alpha value is -3.16. The molecule has 8 heteroatoms. The molecule has 0 aliphatic carbocycles. The normalized spacial score (nSPS) is 10.7. The van der Waals surface area contributed by atoms with Gasteiger partial charge in [0.2, 0.25) is 5.91 Å². The van der Waals surface area contributed by atoms with Crippen LogP contribution in [0.25, 0.3) is 0 Å². The van der Waals surface area contributed by atoms with Crippen molar-refractivity contribution in [3.05, 3.63) is 77.6 Å². The summed E-state index contributed by atoms with van der Waals surface area (Å²) < 4.78 is 41.3. The van der Waals surface area contributed by atoms with Crippen LogP contribution in [0.15, 0.2) is 49.1 Å². The van der Waals surface area contributed by atoms with E-state index in [-0.39, 0.29) is 5.56 Å². The molecule has 1 amide bonds. The third-order valence-corrected chi connectivity index (χ3v) is 3.49. The van der Waals surface area contributed by atoms with Gasteiger partial charge in [0.15, 0.2) is 11.6 Å². The Bertz CT molecular complexity index is 880. The van der Waals surface area contributed by atoms with Gasteiger partial charge in [0.25, 0.3) is 0 Å². The van der Waals surface area contributed by atoms with Crippen molar-refractivity contribution < 1.29 is 18.0 Å². The summed E-state index contributed by atoms with van der Waals surface area (Å²) in [6, 6.07) is 8.09. The Morgan fingerprint density at radius 3 is 2.44 bits per heavy atom. The molecule has 3 aromatic rings. The SMILES string of the molecule is O=C(Cc1cc(F)c(F)cc1F)Nc1ccc(Cn2cncn2)cc1. The number of nitrogens with one attached hydrogen (secondary N) is 1. The first-order valence-electron chi connectivity index (χ1n) is 7.36. The number of hydrogen-bond acceptors (Lipinski definition) is 3. The van der Waals surface area contributed by atoms with Gasteiger partial charge in [0, 0.05) is 17.3 Å². The van der Waals surface area contributed by atoms with Gasteiger partial charge >= 0.3 is 0 Å². The minimum absolute atomic E-state index is 0.209. The number of nitrogens with zero attached hydrogens (tertiary/aromatic N) is 3. The summed E-state index contributed by atoms with van der Waals surface area (Å²) in [5, 5.41) is 6.57. The smallest absolute Gasteiger partial charge is 0.228 e. The van der Waals surface area contributed by atoms with E-state index in [0.29, 0.717) is 24.4 Å². The quantitative estimate of drug-likeness (QED) is 0.723. The van der Waals surface area contributed by atoms with Gasteiger partial charge in [-0.15, -0.1) is 0 Å². The minimum atomic E-state index is -1.29. The molecule has 1 aromatic heterocycles.